The van der Waals surface area contributed by atoms with Gasteiger partial charge in [0.15, 0.2) is 0 Å². The summed E-state index contributed by atoms with van der Waals surface area (Å²) in [5, 5.41) is 14.7. The molecular weight excluding hydrogens is 384 g/mol. The number of H-pyrrole nitrogens is 1. The van der Waals surface area contributed by atoms with Crippen LogP contribution in [0.15, 0.2) is 50.8 Å². The van der Waals surface area contributed by atoms with E-state index in [1.165, 1.54) is 6.33 Å². The molecule has 0 aliphatic carbocycles. The fourth-order valence-electron chi connectivity index (χ4n) is 1.98. The molecule has 0 spiro atoms. The third-order valence-electron chi connectivity index (χ3n) is 2.94. The van der Waals surface area contributed by atoms with E-state index >= 15 is 0 Å². The molecule has 124 valence electrons. The van der Waals surface area contributed by atoms with Gasteiger partial charge >= 0.3 is 33.0 Å². The minimum absolute atomic E-state index is 0.285. The molecule has 23 heavy (non-hydrogen) atoms. The molecule has 0 unspecified atom stereocenters. The standard InChI is InChI=1S/C13H13N7.2ClH.Ni/c1-8-12(18-20-13-14-7-15-19-13)9(2)17-11-6-4-3-5-10(11)16-8;;;/h3-7,12H,1-2H3,(H,14,15,19);2*1H;/q;;;+2/p-2. The first kappa shape index (κ1) is 17.7. The Kier molecular flexibility index (Phi) is 6.83. The molecule has 0 saturated carbocycles. The van der Waals surface area contributed by atoms with Gasteiger partial charge in [0.05, 0.1) is 11.4 Å². The molecule has 1 aromatic heterocycles. The Bertz CT molecular complexity index is 689. The minimum atomic E-state index is -0.285. The summed E-state index contributed by atoms with van der Waals surface area (Å²) in [5.74, 6) is 0.368. The van der Waals surface area contributed by atoms with Crippen LogP contribution in [0.1, 0.15) is 13.8 Å². The molecule has 2 heterocycles. The van der Waals surface area contributed by atoms with E-state index in [-0.39, 0.29) is 6.04 Å². The van der Waals surface area contributed by atoms with E-state index in [1.807, 2.05) is 38.1 Å². The van der Waals surface area contributed by atoms with E-state index in [1.54, 1.807) is 0 Å². The van der Waals surface area contributed by atoms with E-state index in [9.17, 15) is 0 Å². The van der Waals surface area contributed by atoms with Crippen LogP contribution >= 0.6 is 20.4 Å². The van der Waals surface area contributed by atoms with Crippen molar-refractivity contribution in [2.45, 2.75) is 19.9 Å². The van der Waals surface area contributed by atoms with Gasteiger partial charge in [-0.3, -0.25) is 9.98 Å². The number of azo groups is 1. The Balaban J connectivity index is 0.000000595. The quantitative estimate of drug-likeness (QED) is 0.596. The van der Waals surface area contributed by atoms with E-state index in [4.69, 9.17) is 20.4 Å². The van der Waals surface area contributed by atoms with Crippen molar-refractivity contribution in [3.05, 3.63) is 30.6 Å². The van der Waals surface area contributed by atoms with Crippen molar-refractivity contribution < 1.29 is 12.7 Å². The van der Waals surface area contributed by atoms with Crippen molar-refractivity contribution in [3.8, 4) is 0 Å². The van der Waals surface area contributed by atoms with E-state index in [0.717, 1.165) is 22.8 Å². The zero-order valence-electron chi connectivity index (χ0n) is 12.2. The molecule has 0 radical (unpaired) electrons. The maximum atomic E-state index is 4.70. The Labute approximate surface area is 147 Å². The second-order valence-corrected chi connectivity index (χ2v) is 6.10. The second-order valence-electron chi connectivity index (χ2n) is 4.47. The van der Waals surface area contributed by atoms with Crippen LogP contribution in [-0.2, 0) is 12.7 Å². The van der Waals surface area contributed by atoms with Gasteiger partial charge in [0.25, 0.3) is 5.95 Å². The summed E-state index contributed by atoms with van der Waals surface area (Å²) in [5.41, 5.74) is 3.39. The maximum absolute atomic E-state index is 4.70. The van der Waals surface area contributed by atoms with Crippen molar-refractivity contribution in [2.24, 2.45) is 20.2 Å². The van der Waals surface area contributed by atoms with Crippen molar-refractivity contribution in [2.75, 3.05) is 0 Å². The molecule has 10 heteroatoms. The third-order valence-corrected chi connectivity index (χ3v) is 2.94. The Morgan fingerprint density at radius 3 is 2.13 bits per heavy atom. The number of aromatic amines is 1. The normalized spacial score (nSPS) is 14.6. The molecule has 0 saturated heterocycles. The van der Waals surface area contributed by atoms with Crippen molar-refractivity contribution in [1.82, 2.24) is 15.2 Å². The topological polar surface area (TPSA) is 91.0 Å². The molecule has 3 rings (SSSR count). The van der Waals surface area contributed by atoms with Gasteiger partial charge in [-0.2, -0.15) is 15.2 Å². The molecule has 7 nitrogen and oxygen atoms in total. The SMILES string of the molecule is CC1=Nc2ccccc2N=C(C)C1N=Nc1ncn[nH]1.[Cl][Ni][Cl]. The monoisotopic (exact) mass is 395 g/mol. The number of fused-ring (bicyclic) bond motifs is 1. The number of rotatable bonds is 2. The number of aliphatic imine (C=N–C) groups is 2. The van der Waals surface area contributed by atoms with E-state index in [0.29, 0.717) is 18.6 Å². The van der Waals surface area contributed by atoms with Gasteiger partial charge in [-0.1, -0.05) is 12.1 Å². The first-order chi connectivity index (χ1) is 11.2. The van der Waals surface area contributed by atoms with Crippen LogP contribution in [0.4, 0.5) is 17.3 Å². The molecule has 0 amide bonds. The summed E-state index contributed by atoms with van der Waals surface area (Å²) in [6, 6.07) is 7.47. The predicted octanol–water partition coefficient (Wildman–Crippen LogP) is 4.53. The fourth-order valence-corrected chi connectivity index (χ4v) is 1.98. The average Bonchev–Trinajstić information content (AvgIpc) is 2.99. The van der Waals surface area contributed by atoms with Gasteiger partial charge in [-0.25, -0.2) is 5.10 Å². The zero-order valence-corrected chi connectivity index (χ0v) is 14.7. The Morgan fingerprint density at radius 2 is 1.65 bits per heavy atom. The summed E-state index contributed by atoms with van der Waals surface area (Å²) in [4.78, 5) is 13.1. The van der Waals surface area contributed by atoms with Gasteiger partial charge in [0.2, 0.25) is 0 Å². The van der Waals surface area contributed by atoms with Crippen molar-refractivity contribution in [3.63, 3.8) is 0 Å². The van der Waals surface area contributed by atoms with Crippen LogP contribution in [0.5, 0.6) is 0 Å². The number of nitrogens with zero attached hydrogens (tertiary/aromatic N) is 6. The van der Waals surface area contributed by atoms with Crippen molar-refractivity contribution >= 4 is 49.1 Å². The number of aromatic nitrogens is 3. The molecule has 0 bridgehead atoms. The molecule has 0 fully saturated rings. The van der Waals surface area contributed by atoms with Gasteiger partial charge in [0.1, 0.15) is 12.4 Å². The molecule has 1 aliphatic rings. The van der Waals surface area contributed by atoms with Gasteiger partial charge in [0, 0.05) is 11.4 Å². The first-order valence-electron chi connectivity index (χ1n) is 6.43. The molecule has 1 aromatic carbocycles. The molecular formula is C13H13Cl2N7Ni. The Hall–Kier alpha value is -1.63. The number of nitrogens with one attached hydrogen (secondary N) is 1. The van der Waals surface area contributed by atoms with E-state index < -0.39 is 0 Å². The molecule has 2 aromatic rings. The summed E-state index contributed by atoms with van der Waals surface area (Å²) in [7, 11) is 9.40. The second kappa shape index (κ2) is 8.86. The fraction of sp³-hybridized carbons (Fsp3) is 0.231. The first-order valence-corrected chi connectivity index (χ1v) is 9.15. The summed E-state index contributed by atoms with van der Waals surface area (Å²) in [6.07, 6.45) is 1.39. The average molecular weight is 397 g/mol. The van der Waals surface area contributed by atoms with E-state index in [2.05, 4.69) is 35.4 Å². The van der Waals surface area contributed by atoms with Crippen LogP contribution in [0.3, 0.4) is 0 Å². The number of hydrogen-bond acceptors (Lipinski definition) is 6. The summed E-state index contributed by atoms with van der Waals surface area (Å²) in [6.45, 7) is 3.84. The summed E-state index contributed by atoms with van der Waals surface area (Å²) >= 11 is 0.569. The van der Waals surface area contributed by atoms with Crippen LogP contribution in [-0.4, -0.2) is 32.6 Å². The molecule has 1 aliphatic heterocycles. The van der Waals surface area contributed by atoms with Gasteiger partial charge < -0.3 is 0 Å². The number of benzene rings is 1. The van der Waals surface area contributed by atoms with Crippen LogP contribution < -0.4 is 0 Å². The third kappa shape index (κ3) is 4.92. The number of hydrogen-bond donors (Lipinski definition) is 1. The molecule has 0 atom stereocenters. The Morgan fingerprint density at radius 1 is 1.09 bits per heavy atom. The van der Waals surface area contributed by atoms with Gasteiger partial charge in [-0.15, -0.1) is 5.11 Å². The van der Waals surface area contributed by atoms with Gasteiger partial charge in [-0.05, 0) is 26.0 Å². The zero-order chi connectivity index (χ0) is 16.7. The molecule has 1 N–H and O–H groups in total. The number of halogens is 2. The van der Waals surface area contributed by atoms with Crippen LogP contribution in [0.2, 0.25) is 0 Å². The summed E-state index contributed by atoms with van der Waals surface area (Å²) < 4.78 is 0. The van der Waals surface area contributed by atoms with Crippen LogP contribution in [0, 0.1) is 0 Å². The number of para-hydroxylation sites is 2. The van der Waals surface area contributed by atoms with Crippen LogP contribution in [0.25, 0.3) is 0 Å². The van der Waals surface area contributed by atoms with Crippen molar-refractivity contribution in [1.29, 1.82) is 0 Å². The predicted molar refractivity (Wildman–Crippen MR) is 88.4 cm³/mol.